The summed E-state index contributed by atoms with van der Waals surface area (Å²) in [5.41, 5.74) is 0.319. The van der Waals surface area contributed by atoms with Crippen molar-refractivity contribution in [3.05, 3.63) is 45.8 Å². The van der Waals surface area contributed by atoms with Gasteiger partial charge in [0.25, 0.3) is 5.91 Å². The van der Waals surface area contributed by atoms with Crippen molar-refractivity contribution < 1.29 is 17.9 Å². The number of amides is 1. The van der Waals surface area contributed by atoms with Gasteiger partial charge < -0.3 is 10.1 Å². The number of nitrogens with one attached hydrogen (secondary N) is 2. The third-order valence-electron chi connectivity index (χ3n) is 3.00. The summed E-state index contributed by atoms with van der Waals surface area (Å²) in [7, 11) is -0.650. The van der Waals surface area contributed by atoms with Crippen LogP contribution in [0.3, 0.4) is 0 Å². The van der Waals surface area contributed by atoms with Crippen LogP contribution in [-0.4, -0.2) is 28.5 Å². The van der Waals surface area contributed by atoms with Gasteiger partial charge in [0.15, 0.2) is 0 Å². The molecule has 1 aromatic carbocycles. The highest BCUT2D eigenvalue weighted by atomic mass is 35.5. The number of sulfonamides is 1. The number of halogens is 1. The second-order valence-corrected chi connectivity index (χ2v) is 8.17. The van der Waals surface area contributed by atoms with Crippen molar-refractivity contribution in [1.29, 1.82) is 0 Å². The molecule has 0 unspecified atom stereocenters. The van der Waals surface area contributed by atoms with Crippen LogP contribution in [0, 0.1) is 0 Å². The molecule has 0 spiro atoms. The van der Waals surface area contributed by atoms with E-state index in [1.165, 1.54) is 26.3 Å². The normalized spacial score (nSPS) is 11.3. The molecular weight excluding hydrogens is 360 g/mol. The molecule has 0 atom stereocenters. The monoisotopic (exact) mass is 374 g/mol. The maximum Gasteiger partial charge on any atom is 0.255 e. The SMILES string of the molecule is CNS(=O)(=O)c1ccc(CNC(=O)c2cc(Cl)ccc2OC)s1. The van der Waals surface area contributed by atoms with Crippen LogP contribution in [0.25, 0.3) is 0 Å². The van der Waals surface area contributed by atoms with E-state index >= 15 is 0 Å². The Morgan fingerprint density at radius 2 is 2.04 bits per heavy atom. The molecule has 1 amide bonds. The fourth-order valence-corrected chi connectivity index (χ4v) is 4.12. The van der Waals surface area contributed by atoms with E-state index in [0.717, 1.165) is 11.3 Å². The van der Waals surface area contributed by atoms with Crippen LogP contribution in [0.5, 0.6) is 5.75 Å². The van der Waals surface area contributed by atoms with Crippen molar-refractivity contribution in [2.24, 2.45) is 0 Å². The van der Waals surface area contributed by atoms with E-state index < -0.39 is 10.0 Å². The van der Waals surface area contributed by atoms with Crippen LogP contribution < -0.4 is 14.8 Å². The number of carbonyl (C=O) groups is 1. The topological polar surface area (TPSA) is 84.5 Å². The fourth-order valence-electron chi connectivity index (χ4n) is 1.82. The molecule has 0 radical (unpaired) electrons. The maximum absolute atomic E-state index is 12.2. The molecule has 124 valence electrons. The fraction of sp³-hybridized carbons (Fsp3) is 0.214. The summed E-state index contributed by atoms with van der Waals surface area (Å²) in [5.74, 6) is 0.0623. The van der Waals surface area contributed by atoms with Gasteiger partial charge in [-0.15, -0.1) is 11.3 Å². The van der Waals surface area contributed by atoms with Crippen molar-refractivity contribution in [1.82, 2.24) is 10.0 Å². The van der Waals surface area contributed by atoms with Crippen molar-refractivity contribution in [3.63, 3.8) is 0 Å². The van der Waals surface area contributed by atoms with Crippen molar-refractivity contribution in [3.8, 4) is 5.75 Å². The number of hydrogen-bond acceptors (Lipinski definition) is 5. The predicted octanol–water partition coefficient (Wildman–Crippen LogP) is 2.25. The molecule has 2 aromatic rings. The Hall–Kier alpha value is -1.61. The molecule has 0 aliphatic carbocycles. The van der Waals surface area contributed by atoms with Crippen LogP contribution in [-0.2, 0) is 16.6 Å². The standard InChI is InChI=1S/C14H15ClN2O4S2/c1-16-23(19,20)13-6-4-10(22-13)8-17-14(18)11-7-9(15)3-5-12(11)21-2/h3-7,16H,8H2,1-2H3,(H,17,18). The Bertz CT molecular complexity index is 818. The molecule has 23 heavy (non-hydrogen) atoms. The number of rotatable bonds is 6. The quantitative estimate of drug-likeness (QED) is 0.812. The number of thiophene rings is 1. The summed E-state index contributed by atoms with van der Waals surface area (Å²) in [4.78, 5) is 12.9. The molecule has 1 heterocycles. The zero-order valence-corrected chi connectivity index (χ0v) is 14.8. The van der Waals surface area contributed by atoms with Gasteiger partial charge in [-0.1, -0.05) is 11.6 Å². The molecule has 0 saturated heterocycles. The highest BCUT2D eigenvalue weighted by Gasteiger charge is 2.16. The minimum Gasteiger partial charge on any atom is -0.496 e. The number of hydrogen-bond donors (Lipinski definition) is 2. The van der Waals surface area contributed by atoms with Gasteiger partial charge in [-0.3, -0.25) is 4.79 Å². The van der Waals surface area contributed by atoms with E-state index in [9.17, 15) is 13.2 Å². The molecule has 6 nitrogen and oxygen atoms in total. The van der Waals surface area contributed by atoms with Crippen LogP contribution in [0.1, 0.15) is 15.2 Å². The molecule has 1 aromatic heterocycles. The first-order chi connectivity index (χ1) is 10.9. The van der Waals surface area contributed by atoms with E-state index in [1.807, 2.05) is 0 Å². The Balaban J connectivity index is 2.10. The van der Waals surface area contributed by atoms with E-state index in [2.05, 4.69) is 10.0 Å². The Labute approximate surface area is 143 Å². The summed E-state index contributed by atoms with van der Waals surface area (Å²) in [5, 5.41) is 3.14. The van der Waals surface area contributed by atoms with Gasteiger partial charge in [0, 0.05) is 9.90 Å². The number of methoxy groups -OCH3 is 1. The lowest BCUT2D eigenvalue weighted by Crippen LogP contribution is -2.23. The lowest BCUT2D eigenvalue weighted by atomic mass is 10.2. The second kappa shape index (κ2) is 7.31. The largest absolute Gasteiger partial charge is 0.496 e. The Morgan fingerprint density at radius 3 is 2.70 bits per heavy atom. The lowest BCUT2D eigenvalue weighted by molar-refractivity contribution is 0.0948. The Kier molecular flexibility index (Phi) is 5.64. The summed E-state index contributed by atoms with van der Waals surface area (Å²) >= 11 is 6.99. The number of carbonyl (C=O) groups excluding carboxylic acids is 1. The van der Waals surface area contributed by atoms with Gasteiger partial charge in [0.1, 0.15) is 9.96 Å². The molecule has 0 fully saturated rings. The van der Waals surface area contributed by atoms with Crippen molar-refractivity contribution in [2.45, 2.75) is 10.8 Å². The lowest BCUT2D eigenvalue weighted by Gasteiger charge is -2.09. The van der Waals surface area contributed by atoms with Crippen LogP contribution >= 0.6 is 22.9 Å². The molecule has 2 rings (SSSR count). The van der Waals surface area contributed by atoms with E-state index in [-0.39, 0.29) is 16.7 Å². The van der Waals surface area contributed by atoms with Crippen molar-refractivity contribution in [2.75, 3.05) is 14.2 Å². The minimum absolute atomic E-state index is 0.199. The highest BCUT2D eigenvalue weighted by molar-refractivity contribution is 7.91. The number of benzene rings is 1. The molecule has 0 bridgehead atoms. The van der Waals surface area contributed by atoms with Crippen molar-refractivity contribution >= 4 is 38.9 Å². The summed E-state index contributed by atoms with van der Waals surface area (Å²) in [6, 6.07) is 7.91. The predicted molar refractivity (Wildman–Crippen MR) is 89.7 cm³/mol. The molecular formula is C14H15ClN2O4S2. The third kappa shape index (κ3) is 4.23. The van der Waals surface area contributed by atoms with E-state index in [1.54, 1.807) is 18.2 Å². The van der Waals surface area contributed by atoms with Gasteiger partial charge >= 0.3 is 0 Å². The average Bonchev–Trinajstić information content (AvgIpc) is 3.02. The summed E-state index contributed by atoms with van der Waals surface area (Å²) in [6.07, 6.45) is 0. The first-order valence-electron chi connectivity index (χ1n) is 6.51. The zero-order valence-electron chi connectivity index (χ0n) is 12.4. The highest BCUT2D eigenvalue weighted by Crippen LogP contribution is 2.24. The van der Waals surface area contributed by atoms with E-state index in [0.29, 0.717) is 21.2 Å². The molecule has 2 N–H and O–H groups in total. The van der Waals surface area contributed by atoms with Gasteiger partial charge in [-0.2, -0.15) is 0 Å². The number of ether oxygens (including phenoxy) is 1. The first-order valence-corrected chi connectivity index (χ1v) is 9.19. The zero-order chi connectivity index (χ0) is 17.0. The maximum atomic E-state index is 12.2. The summed E-state index contributed by atoms with van der Waals surface area (Å²) < 4.78 is 30.9. The molecule has 0 saturated carbocycles. The smallest absolute Gasteiger partial charge is 0.255 e. The van der Waals surface area contributed by atoms with Gasteiger partial charge in [-0.05, 0) is 37.4 Å². The molecule has 0 aliphatic heterocycles. The average molecular weight is 375 g/mol. The van der Waals surface area contributed by atoms with Gasteiger partial charge in [0.2, 0.25) is 10.0 Å². The van der Waals surface area contributed by atoms with Crippen LogP contribution in [0.2, 0.25) is 5.02 Å². The minimum atomic E-state index is -3.47. The van der Waals surface area contributed by atoms with Crippen LogP contribution in [0.4, 0.5) is 0 Å². The first kappa shape index (κ1) is 17.7. The molecule has 9 heteroatoms. The summed E-state index contributed by atoms with van der Waals surface area (Å²) in [6.45, 7) is 0.207. The van der Waals surface area contributed by atoms with Crippen LogP contribution in [0.15, 0.2) is 34.5 Å². The second-order valence-electron chi connectivity index (χ2n) is 4.46. The van der Waals surface area contributed by atoms with Gasteiger partial charge in [-0.25, -0.2) is 13.1 Å². The third-order valence-corrected chi connectivity index (χ3v) is 6.23. The Morgan fingerprint density at radius 1 is 1.30 bits per heavy atom. The van der Waals surface area contributed by atoms with E-state index in [4.69, 9.17) is 16.3 Å². The van der Waals surface area contributed by atoms with Gasteiger partial charge in [0.05, 0.1) is 19.2 Å². The molecule has 0 aliphatic rings.